The third-order valence-electron chi connectivity index (χ3n) is 3.40. The molecule has 0 unspecified atom stereocenters. The van der Waals surface area contributed by atoms with Crippen molar-refractivity contribution in [3.8, 4) is 0 Å². The molecule has 2 nitrogen and oxygen atoms in total. The van der Waals surface area contributed by atoms with E-state index in [2.05, 4.69) is 39.3 Å². The highest BCUT2D eigenvalue weighted by atomic mass is 79.9. The molecule has 18 heavy (non-hydrogen) atoms. The molecule has 1 aliphatic rings. The number of hydrogen-bond acceptors (Lipinski definition) is 2. The van der Waals surface area contributed by atoms with Crippen LogP contribution in [-0.2, 0) is 6.54 Å². The zero-order chi connectivity index (χ0) is 12.3. The number of halogens is 3. The van der Waals surface area contributed by atoms with Crippen molar-refractivity contribution in [2.45, 2.75) is 25.4 Å². The van der Waals surface area contributed by atoms with Crippen LogP contribution >= 0.6 is 39.9 Å². The lowest BCUT2D eigenvalue weighted by molar-refractivity contribution is 0.194. The monoisotopic (exact) mass is 352 g/mol. The lowest BCUT2D eigenvalue weighted by atomic mass is 10.0. The summed E-state index contributed by atoms with van der Waals surface area (Å²) in [6.07, 6.45) is 2.48. The van der Waals surface area contributed by atoms with Crippen LogP contribution in [0.2, 0.25) is 5.02 Å². The first-order chi connectivity index (χ1) is 8.19. The highest BCUT2D eigenvalue weighted by Crippen LogP contribution is 2.24. The molecule has 0 aliphatic carbocycles. The van der Waals surface area contributed by atoms with Gasteiger partial charge in [-0.25, -0.2) is 0 Å². The average Bonchev–Trinajstić information content (AvgIpc) is 2.34. The highest BCUT2D eigenvalue weighted by Gasteiger charge is 2.18. The van der Waals surface area contributed by atoms with E-state index in [1.54, 1.807) is 0 Å². The van der Waals surface area contributed by atoms with Crippen LogP contribution in [0.3, 0.4) is 0 Å². The van der Waals surface area contributed by atoms with Gasteiger partial charge >= 0.3 is 0 Å². The van der Waals surface area contributed by atoms with Gasteiger partial charge in [-0.05, 0) is 50.7 Å². The molecule has 1 aromatic rings. The third-order valence-corrected chi connectivity index (χ3v) is 4.38. The first-order valence-corrected chi connectivity index (χ1v) is 7.19. The lowest BCUT2D eigenvalue weighted by Gasteiger charge is -2.31. The Bertz CT molecular complexity index is 379. The Labute approximate surface area is 129 Å². The Balaban J connectivity index is 0.00000162. The Morgan fingerprint density at radius 1 is 1.39 bits per heavy atom. The van der Waals surface area contributed by atoms with E-state index < -0.39 is 0 Å². The largest absolute Gasteiger partial charge is 0.317 e. The fraction of sp³-hybridized carbons (Fsp3) is 0.538. The smallest absolute Gasteiger partial charge is 0.0417 e. The molecular weight excluding hydrogens is 335 g/mol. The van der Waals surface area contributed by atoms with Crippen molar-refractivity contribution in [3.63, 3.8) is 0 Å². The fourth-order valence-electron chi connectivity index (χ4n) is 2.27. The molecule has 0 radical (unpaired) electrons. The van der Waals surface area contributed by atoms with Crippen LogP contribution in [0.5, 0.6) is 0 Å². The van der Waals surface area contributed by atoms with Gasteiger partial charge in [0.1, 0.15) is 0 Å². The van der Waals surface area contributed by atoms with Crippen molar-refractivity contribution in [3.05, 3.63) is 33.3 Å². The van der Waals surface area contributed by atoms with Crippen LogP contribution in [0, 0.1) is 0 Å². The molecule has 0 atom stereocenters. The van der Waals surface area contributed by atoms with Crippen LogP contribution in [0.25, 0.3) is 0 Å². The Morgan fingerprint density at radius 2 is 2.06 bits per heavy atom. The third kappa shape index (κ3) is 4.39. The summed E-state index contributed by atoms with van der Waals surface area (Å²) in [6.45, 7) is 3.34. The van der Waals surface area contributed by atoms with E-state index in [0.717, 1.165) is 16.0 Å². The van der Waals surface area contributed by atoms with Crippen LogP contribution in [0.1, 0.15) is 18.4 Å². The molecule has 0 amide bonds. The normalized spacial score (nSPS) is 17.5. The van der Waals surface area contributed by atoms with E-state index in [0.29, 0.717) is 6.04 Å². The van der Waals surface area contributed by atoms with E-state index in [-0.39, 0.29) is 12.4 Å². The molecule has 5 heteroatoms. The molecule has 0 saturated carbocycles. The van der Waals surface area contributed by atoms with Crippen LogP contribution in [-0.4, -0.2) is 31.1 Å². The van der Waals surface area contributed by atoms with E-state index >= 15 is 0 Å². The summed E-state index contributed by atoms with van der Waals surface area (Å²) >= 11 is 9.52. The second kappa shape index (κ2) is 7.71. The van der Waals surface area contributed by atoms with Gasteiger partial charge in [0.25, 0.3) is 0 Å². The van der Waals surface area contributed by atoms with Gasteiger partial charge in [0.2, 0.25) is 0 Å². The molecule has 0 bridgehead atoms. The number of hydrogen-bond donors (Lipinski definition) is 1. The second-order valence-corrected chi connectivity index (χ2v) is 5.87. The highest BCUT2D eigenvalue weighted by molar-refractivity contribution is 9.10. The molecule has 102 valence electrons. The van der Waals surface area contributed by atoms with Gasteiger partial charge in [0, 0.05) is 22.1 Å². The SMILES string of the molecule is CNC1CCN(Cc2ccc(Cl)cc2Br)CC1.Cl. The predicted molar refractivity (Wildman–Crippen MR) is 83.8 cm³/mol. The number of piperidine rings is 1. The van der Waals surface area contributed by atoms with Gasteiger partial charge in [-0.3, -0.25) is 4.90 Å². The minimum absolute atomic E-state index is 0. The molecule has 0 spiro atoms. The maximum absolute atomic E-state index is 5.95. The first-order valence-electron chi connectivity index (χ1n) is 6.02. The number of rotatable bonds is 3. The quantitative estimate of drug-likeness (QED) is 0.891. The van der Waals surface area contributed by atoms with Crippen LogP contribution in [0.15, 0.2) is 22.7 Å². The summed E-state index contributed by atoms with van der Waals surface area (Å²) in [5.74, 6) is 0. The van der Waals surface area contributed by atoms with Gasteiger partial charge in [-0.1, -0.05) is 33.6 Å². The van der Waals surface area contributed by atoms with Crippen LogP contribution in [0.4, 0.5) is 0 Å². The number of nitrogens with zero attached hydrogens (tertiary/aromatic N) is 1. The van der Waals surface area contributed by atoms with Gasteiger partial charge in [-0.15, -0.1) is 12.4 Å². The van der Waals surface area contributed by atoms with Gasteiger partial charge in [0.05, 0.1) is 0 Å². The molecule has 0 aromatic heterocycles. The average molecular weight is 354 g/mol. The molecule has 2 rings (SSSR count). The molecule has 1 aromatic carbocycles. The minimum Gasteiger partial charge on any atom is -0.317 e. The Hall–Kier alpha value is 0.200. The number of likely N-dealkylation sites (tertiary alicyclic amines) is 1. The first kappa shape index (κ1) is 16.3. The summed E-state index contributed by atoms with van der Waals surface area (Å²) in [7, 11) is 2.05. The molecule has 1 aliphatic heterocycles. The van der Waals surface area contributed by atoms with E-state index in [4.69, 9.17) is 11.6 Å². The van der Waals surface area contributed by atoms with E-state index in [1.165, 1.54) is 31.5 Å². The molecule has 1 N–H and O–H groups in total. The fourth-order valence-corrected chi connectivity index (χ4v) is 3.08. The Morgan fingerprint density at radius 3 is 2.61 bits per heavy atom. The van der Waals surface area contributed by atoms with Crippen molar-refractivity contribution in [2.24, 2.45) is 0 Å². The predicted octanol–water partition coefficient (Wildman–Crippen LogP) is 3.71. The number of benzene rings is 1. The summed E-state index contributed by atoms with van der Waals surface area (Å²) in [6, 6.07) is 6.73. The van der Waals surface area contributed by atoms with Gasteiger partial charge < -0.3 is 5.32 Å². The standard InChI is InChI=1S/C13H18BrClN2.ClH/c1-16-12-4-6-17(7-5-12)9-10-2-3-11(15)8-13(10)14;/h2-3,8,12,16H,4-7,9H2,1H3;1H. The van der Waals surface area contributed by atoms with Gasteiger partial charge in [0.15, 0.2) is 0 Å². The van der Waals surface area contributed by atoms with Gasteiger partial charge in [-0.2, -0.15) is 0 Å². The topological polar surface area (TPSA) is 15.3 Å². The summed E-state index contributed by atoms with van der Waals surface area (Å²) in [5, 5.41) is 4.14. The van der Waals surface area contributed by atoms with E-state index in [1.807, 2.05) is 12.1 Å². The number of nitrogens with one attached hydrogen (secondary N) is 1. The minimum atomic E-state index is 0. The molecular formula is C13H19BrCl2N2. The second-order valence-electron chi connectivity index (χ2n) is 4.57. The molecule has 1 fully saturated rings. The summed E-state index contributed by atoms with van der Waals surface area (Å²) in [4.78, 5) is 2.50. The van der Waals surface area contributed by atoms with E-state index in [9.17, 15) is 0 Å². The van der Waals surface area contributed by atoms with Crippen molar-refractivity contribution in [1.29, 1.82) is 0 Å². The zero-order valence-electron chi connectivity index (χ0n) is 10.5. The van der Waals surface area contributed by atoms with Crippen molar-refractivity contribution in [1.82, 2.24) is 10.2 Å². The Kier molecular flexibility index (Phi) is 6.96. The zero-order valence-corrected chi connectivity index (χ0v) is 13.6. The maximum Gasteiger partial charge on any atom is 0.0417 e. The molecule has 1 heterocycles. The lowest BCUT2D eigenvalue weighted by Crippen LogP contribution is -2.40. The van der Waals surface area contributed by atoms with Crippen molar-refractivity contribution >= 4 is 39.9 Å². The molecule has 1 saturated heterocycles. The van der Waals surface area contributed by atoms with Crippen molar-refractivity contribution in [2.75, 3.05) is 20.1 Å². The summed E-state index contributed by atoms with van der Waals surface area (Å²) < 4.78 is 1.11. The maximum atomic E-state index is 5.95. The van der Waals surface area contributed by atoms with Crippen molar-refractivity contribution < 1.29 is 0 Å². The summed E-state index contributed by atoms with van der Waals surface area (Å²) in [5.41, 5.74) is 1.32. The van der Waals surface area contributed by atoms with Crippen LogP contribution < -0.4 is 5.32 Å².